The Morgan fingerprint density at radius 3 is 2.56 bits per heavy atom. The molecule has 2 rings (SSSR count). The first-order valence-corrected chi connectivity index (χ1v) is 6.43. The average Bonchev–Trinajstić information content (AvgIpc) is 2.62. The summed E-state index contributed by atoms with van der Waals surface area (Å²) in [4.78, 5) is 14.5. The van der Waals surface area contributed by atoms with Gasteiger partial charge in [0.1, 0.15) is 0 Å². The van der Waals surface area contributed by atoms with E-state index in [1.807, 2.05) is 20.9 Å². The highest BCUT2D eigenvalue weighted by atomic mass is 16.5. The molecule has 18 heavy (non-hydrogen) atoms. The van der Waals surface area contributed by atoms with Crippen LogP contribution in [0.1, 0.15) is 28.2 Å². The van der Waals surface area contributed by atoms with Crippen molar-refractivity contribution >= 4 is 5.78 Å². The van der Waals surface area contributed by atoms with Gasteiger partial charge in [-0.1, -0.05) is 0 Å². The molecule has 5 nitrogen and oxygen atoms in total. The van der Waals surface area contributed by atoms with Crippen molar-refractivity contribution in [1.82, 2.24) is 14.7 Å². The van der Waals surface area contributed by atoms with Gasteiger partial charge in [0.05, 0.1) is 24.5 Å². The molecule has 0 N–H and O–H groups in total. The summed E-state index contributed by atoms with van der Waals surface area (Å²) < 4.78 is 7.07. The summed E-state index contributed by atoms with van der Waals surface area (Å²) in [5.74, 6) is 0.199. The molecule has 1 aromatic heterocycles. The smallest absolute Gasteiger partial charge is 0.167 e. The highest BCUT2D eigenvalue weighted by Crippen LogP contribution is 2.14. The third-order valence-electron chi connectivity index (χ3n) is 3.55. The summed E-state index contributed by atoms with van der Waals surface area (Å²) in [5.41, 5.74) is 2.59. The van der Waals surface area contributed by atoms with E-state index in [1.54, 1.807) is 4.68 Å². The van der Waals surface area contributed by atoms with E-state index in [4.69, 9.17) is 4.74 Å². The maximum absolute atomic E-state index is 12.2. The van der Waals surface area contributed by atoms with Gasteiger partial charge in [-0.25, -0.2) is 0 Å². The van der Waals surface area contributed by atoms with Crippen LogP contribution in [0.4, 0.5) is 0 Å². The number of ketones is 1. The highest BCUT2D eigenvalue weighted by Gasteiger charge is 2.18. The van der Waals surface area contributed by atoms with E-state index in [0.29, 0.717) is 6.42 Å². The number of ether oxygens (including phenoxy) is 1. The molecule has 1 saturated heterocycles. The first kappa shape index (κ1) is 13.2. The first-order chi connectivity index (χ1) is 8.59. The molecule has 0 saturated carbocycles. The van der Waals surface area contributed by atoms with Crippen molar-refractivity contribution in [2.75, 3.05) is 32.8 Å². The van der Waals surface area contributed by atoms with Crippen molar-refractivity contribution in [2.45, 2.75) is 20.3 Å². The number of Topliss-reactive ketones (excluding diaryl/α,β-unsaturated/α-hetero) is 1. The molecule has 1 aromatic rings. The maximum Gasteiger partial charge on any atom is 0.167 e. The van der Waals surface area contributed by atoms with Gasteiger partial charge in [0.15, 0.2) is 5.78 Å². The van der Waals surface area contributed by atoms with Crippen LogP contribution in [0.5, 0.6) is 0 Å². The van der Waals surface area contributed by atoms with Crippen LogP contribution in [-0.2, 0) is 11.8 Å². The van der Waals surface area contributed by atoms with Crippen LogP contribution in [0, 0.1) is 13.8 Å². The van der Waals surface area contributed by atoms with Crippen molar-refractivity contribution < 1.29 is 9.53 Å². The molecule has 0 atom stereocenters. The zero-order valence-electron chi connectivity index (χ0n) is 11.4. The number of morpholine rings is 1. The summed E-state index contributed by atoms with van der Waals surface area (Å²) in [6, 6.07) is 0. The van der Waals surface area contributed by atoms with E-state index in [9.17, 15) is 4.79 Å². The van der Waals surface area contributed by atoms with Gasteiger partial charge in [-0.3, -0.25) is 14.4 Å². The van der Waals surface area contributed by atoms with Gasteiger partial charge in [0, 0.05) is 38.8 Å². The van der Waals surface area contributed by atoms with Crippen molar-refractivity contribution in [2.24, 2.45) is 7.05 Å². The monoisotopic (exact) mass is 251 g/mol. The number of hydrogen-bond donors (Lipinski definition) is 0. The summed E-state index contributed by atoms with van der Waals surface area (Å²) in [5, 5.41) is 4.29. The number of aryl methyl sites for hydroxylation is 2. The molecular weight excluding hydrogens is 230 g/mol. The van der Waals surface area contributed by atoms with Gasteiger partial charge < -0.3 is 4.74 Å². The molecule has 0 amide bonds. The zero-order chi connectivity index (χ0) is 13.1. The summed E-state index contributed by atoms with van der Waals surface area (Å²) >= 11 is 0. The Balaban J connectivity index is 1.95. The molecule has 1 aliphatic heterocycles. The van der Waals surface area contributed by atoms with Crippen LogP contribution in [0.15, 0.2) is 0 Å². The van der Waals surface area contributed by atoms with Crippen molar-refractivity contribution in [3.05, 3.63) is 17.0 Å². The van der Waals surface area contributed by atoms with E-state index in [1.165, 1.54) is 0 Å². The van der Waals surface area contributed by atoms with E-state index in [-0.39, 0.29) is 5.78 Å². The lowest BCUT2D eigenvalue weighted by atomic mass is 10.1. The molecular formula is C13H21N3O2. The predicted octanol–water partition coefficient (Wildman–Crippen LogP) is 0.942. The fourth-order valence-corrected chi connectivity index (χ4v) is 2.39. The third-order valence-corrected chi connectivity index (χ3v) is 3.55. The molecule has 0 unspecified atom stereocenters. The maximum atomic E-state index is 12.2. The second kappa shape index (κ2) is 5.63. The number of nitrogens with zero attached hydrogens (tertiary/aromatic N) is 3. The molecule has 2 heterocycles. The Bertz CT molecular complexity index is 434. The normalized spacial score (nSPS) is 17.1. The summed E-state index contributed by atoms with van der Waals surface area (Å²) in [7, 11) is 1.88. The average molecular weight is 251 g/mol. The van der Waals surface area contributed by atoms with Crippen molar-refractivity contribution in [3.8, 4) is 0 Å². The number of hydrogen-bond acceptors (Lipinski definition) is 4. The quantitative estimate of drug-likeness (QED) is 0.747. The van der Waals surface area contributed by atoms with Crippen LogP contribution in [0.25, 0.3) is 0 Å². The SMILES string of the molecule is Cc1nn(C)c(C)c1C(=O)CCN1CCOCC1. The van der Waals surface area contributed by atoms with Gasteiger partial charge in [0.25, 0.3) is 0 Å². The summed E-state index contributed by atoms with van der Waals surface area (Å²) in [6.07, 6.45) is 0.563. The minimum Gasteiger partial charge on any atom is -0.379 e. The van der Waals surface area contributed by atoms with Crippen molar-refractivity contribution in [3.63, 3.8) is 0 Å². The Labute approximate surface area is 108 Å². The van der Waals surface area contributed by atoms with E-state index >= 15 is 0 Å². The fourth-order valence-electron chi connectivity index (χ4n) is 2.39. The fraction of sp³-hybridized carbons (Fsp3) is 0.692. The zero-order valence-corrected chi connectivity index (χ0v) is 11.4. The second-order valence-corrected chi connectivity index (χ2v) is 4.80. The van der Waals surface area contributed by atoms with Gasteiger partial charge in [-0.2, -0.15) is 5.10 Å². The van der Waals surface area contributed by atoms with Crippen LogP contribution < -0.4 is 0 Å². The lowest BCUT2D eigenvalue weighted by Crippen LogP contribution is -2.37. The Morgan fingerprint density at radius 1 is 1.33 bits per heavy atom. The Kier molecular flexibility index (Phi) is 4.14. The minimum absolute atomic E-state index is 0.199. The van der Waals surface area contributed by atoms with Gasteiger partial charge >= 0.3 is 0 Å². The lowest BCUT2D eigenvalue weighted by molar-refractivity contribution is 0.0370. The first-order valence-electron chi connectivity index (χ1n) is 6.43. The standard InChI is InChI=1S/C13H21N3O2/c1-10-13(11(2)15(3)14-10)12(17)4-5-16-6-8-18-9-7-16/h4-9H2,1-3H3. The van der Waals surface area contributed by atoms with Gasteiger partial charge in [0.2, 0.25) is 0 Å². The van der Waals surface area contributed by atoms with Crippen LogP contribution in [0.3, 0.4) is 0 Å². The lowest BCUT2D eigenvalue weighted by Gasteiger charge is -2.26. The highest BCUT2D eigenvalue weighted by molar-refractivity contribution is 5.98. The Morgan fingerprint density at radius 2 is 2.00 bits per heavy atom. The second-order valence-electron chi connectivity index (χ2n) is 4.80. The van der Waals surface area contributed by atoms with Gasteiger partial charge in [-0.05, 0) is 13.8 Å². The van der Waals surface area contributed by atoms with E-state index in [2.05, 4.69) is 10.00 Å². The molecule has 0 aliphatic carbocycles. The third kappa shape index (κ3) is 2.79. The number of rotatable bonds is 4. The topological polar surface area (TPSA) is 47.4 Å². The van der Waals surface area contributed by atoms with E-state index in [0.717, 1.165) is 49.8 Å². The molecule has 5 heteroatoms. The van der Waals surface area contributed by atoms with E-state index < -0.39 is 0 Å². The van der Waals surface area contributed by atoms with Crippen LogP contribution in [0.2, 0.25) is 0 Å². The predicted molar refractivity (Wildman–Crippen MR) is 68.9 cm³/mol. The summed E-state index contributed by atoms with van der Waals surface area (Å²) in [6.45, 7) is 8.07. The number of carbonyl (C=O) groups is 1. The number of carbonyl (C=O) groups excluding carboxylic acids is 1. The number of aromatic nitrogens is 2. The van der Waals surface area contributed by atoms with Crippen molar-refractivity contribution in [1.29, 1.82) is 0 Å². The molecule has 1 aliphatic rings. The largest absolute Gasteiger partial charge is 0.379 e. The molecule has 100 valence electrons. The van der Waals surface area contributed by atoms with Crippen LogP contribution >= 0.6 is 0 Å². The van der Waals surface area contributed by atoms with Crippen LogP contribution in [-0.4, -0.2) is 53.3 Å². The molecule has 0 aromatic carbocycles. The Hall–Kier alpha value is -1.20. The molecule has 0 spiro atoms. The minimum atomic E-state index is 0.199. The van der Waals surface area contributed by atoms with Gasteiger partial charge in [-0.15, -0.1) is 0 Å². The molecule has 1 fully saturated rings. The molecule has 0 bridgehead atoms. The molecule has 0 radical (unpaired) electrons.